The van der Waals surface area contributed by atoms with Gasteiger partial charge in [0.05, 0.1) is 12.7 Å². The van der Waals surface area contributed by atoms with Crippen molar-refractivity contribution in [3.8, 4) is 0 Å². The molecule has 1 aliphatic rings. The fraction of sp³-hybridized carbons (Fsp3) is 0.611. The maximum Gasteiger partial charge on any atom is 0.191 e. The van der Waals surface area contributed by atoms with Crippen LogP contribution in [0.1, 0.15) is 25.3 Å². The van der Waals surface area contributed by atoms with Crippen molar-refractivity contribution < 1.29 is 13.9 Å². The van der Waals surface area contributed by atoms with Gasteiger partial charge in [-0.05, 0) is 43.9 Å². The number of aliphatic imine (C=N–C) groups is 1. The highest BCUT2D eigenvalue weighted by Crippen LogP contribution is 2.08. The summed E-state index contributed by atoms with van der Waals surface area (Å²) in [6.45, 7) is 6.50. The molecule has 25 heavy (non-hydrogen) atoms. The van der Waals surface area contributed by atoms with Crippen LogP contribution in [0.4, 0.5) is 4.39 Å². The van der Waals surface area contributed by atoms with Gasteiger partial charge in [0, 0.05) is 32.8 Å². The summed E-state index contributed by atoms with van der Waals surface area (Å²) in [5.41, 5.74) is 0.977. The van der Waals surface area contributed by atoms with Crippen LogP contribution < -0.4 is 10.6 Å². The maximum atomic E-state index is 13.1. The number of hydrogen-bond acceptors (Lipinski definition) is 3. The van der Waals surface area contributed by atoms with Gasteiger partial charge in [0.2, 0.25) is 0 Å². The van der Waals surface area contributed by atoms with E-state index in [1.165, 1.54) is 6.07 Å². The third-order valence-electron chi connectivity index (χ3n) is 3.75. The number of nitrogens with zero attached hydrogens (tertiary/aromatic N) is 1. The Morgan fingerprint density at radius 3 is 3.00 bits per heavy atom. The molecule has 1 aromatic rings. The first-order chi connectivity index (χ1) is 11.8. The highest BCUT2D eigenvalue weighted by atomic mass is 127. The van der Waals surface area contributed by atoms with Crippen LogP contribution in [-0.2, 0) is 15.9 Å². The van der Waals surface area contributed by atoms with Crippen LogP contribution in [0.2, 0.25) is 0 Å². The van der Waals surface area contributed by atoms with Gasteiger partial charge in [-0.2, -0.15) is 0 Å². The van der Waals surface area contributed by atoms with Crippen molar-refractivity contribution in [2.24, 2.45) is 4.99 Å². The molecule has 2 N–H and O–H groups in total. The molecule has 0 aromatic heterocycles. The lowest BCUT2D eigenvalue weighted by Crippen LogP contribution is -2.38. The molecule has 0 bridgehead atoms. The molecule has 5 nitrogen and oxygen atoms in total. The Bertz CT molecular complexity index is 511. The molecule has 1 aliphatic heterocycles. The number of guanidine groups is 1. The molecule has 1 fully saturated rings. The summed E-state index contributed by atoms with van der Waals surface area (Å²) in [7, 11) is 0. The van der Waals surface area contributed by atoms with Gasteiger partial charge in [0.15, 0.2) is 5.96 Å². The largest absolute Gasteiger partial charge is 0.379 e. The van der Waals surface area contributed by atoms with Crippen molar-refractivity contribution in [1.82, 2.24) is 10.6 Å². The average molecular weight is 465 g/mol. The summed E-state index contributed by atoms with van der Waals surface area (Å²) in [5, 5.41) is 6.49. The molecule has 2 rings (SSSR count). The molecule has 0 saturated carbocycles. The number of rotatable bonds is 9. The SMILES string of the molecule is CCNC(=NCCCOC1CCOC1)NCCc1cccc(F)c1.I. The van der Waals surface area contributed by atoms with Crippen molar-refractivity contribution in [2.45, 2.75) is 32.3 Å². The molecule has 7 heteroatoms. The lowest BCUT2D eigenvalue weighted by atomic mass is 10.1. The molecular formula is C18H29FIN3O2. The highest BCUT2D eigenvalue weighted by molar-refractivity contribution is 14.0. The Morgan fingerprint density at radius 1 is 1.40 bits per heavy atom. The Balaban J connectivity index is 0.00000312. The zero-order valence-corrected chi connectivity index (χ0v) is 17.1. The van der Waals surface area contributed by atoms with Crippen molar-refractivity contribution in [3.05, 3.63) is 35.6 Å². The minimum atomic E-state index is -0.194. The third-order valence-corrected chi connectivity index (χ3v) is 3.75. The quantitative estimate of drug-likeness (QED) is 0.255. The van der Waals surface area contributed by atoms with Crippen molar-refractivity contribution >= 4 is 29.9 Å². The monoisotopic (exact) mass is 465 g/mol. The van der Waals surface area contributed by atoms with E-state index in [9.17, 15) is 4.39 Å². The maximum absolute atomic E-state index is 13.1. The topological polar surface area (TPSA) is 54.9 Å². The number of hydrogen-bond donors (Lipinski definition) is 2. The van der Waals surface area contributed by atoms with Gasteiger partial charge in [-0.25, -0.2) is 4.39 Å². The van der Waals surface area contributed by atoms with Crippen LogP contribution in [0.5, 0.6) is 0 Å². The van der Waals surface area contributed by atoms with Gasteiger partial charge in [0.1, 0.15) is 5.82 Å². The van der Waals surface area contributed by atoms with Crippen LogP contribution in [0.15, 0.2) is 29.3 Å². The standard InChI is InChI=1S/C18H28FN3O2.HI/c1-2-20-18(21-9-4-11-24-17-8-12-23-14-17)22-10-7-15-5-3-6-16(19)13-15;/h3,5-6,13,17H,2,4,7-12,14H2,1H3,(H2,20,21,22);1H. The van der Waals surface area contributed by atoms with Crippen LogP contribution in [0.3, 0.4) is 0 Å². The van der Waals surface area contributed by atoms with E-state index in [-0.39, 0.29) is 35.9 Å². The average Bonchev–Trinajstić information content (AvgIpc) is 3.08. The molecular weight excluding hydrogens is 436 g/mol. The number of nitrogens with one attached hydrogen (secondary N) is 2. The predicted octanol–water partition coefficient (Wildman–Crippen LogP) is 2.74. The van der Waals surface area contributed by atoms with Gasteiger partial charge in [-0.1, -0.05) is 12.1 Å². The second-order valence-electron chi connectivity index (χ2n) is 5.78. The number of halogens is 2. The Kier molecular flexibility index (Phi) is 11.8. The number of ether oxygens (including phenoxy) is 2. The van der Waals surface area contributed by atoms with E-state index in [0.29, 0.717) is 26.3 Å². The van der Waals surface area contributed by atoms with Crippen molar-refractivity contribution in [2.75, 3.05) is 39.5 Å². The molecule has 0 radical (unpaired) electrons. The van der Waals surface area contributed by atoms with Crippen molar-refractivity contribution in [1.29, 1.82) is 0 Å². The second kappa shape index (κ2) is 13.3. The zero-order chi connectivity index (χ0) is 17.0. The van der Waals surface area contributed by atoms with E-state index in [0.717, 1.165) is 43.9 Å². The van der Waals surface area contributed by atoms with Crippen LogP contribution in [0.25, 0.3) is 0 Å². The normalized spacial score (nSPS) is 17.2. The van der Waals surface area contributed by atoms with Crippen LogP contribution in [0, 0.1) is 5.82 Å². The second-order valence-corrected chi connectivity index (χ2v) is 5.78. The first-order valence-electron chi connectivity index (χ1n) is 8.74. The Labute approximate surface area is 166 Å². The fourth-order valence-electron chi connectivity index (χ4n) is 2.51. The minimum absolute atomic E-state index is 0. The van der Waals surface area contributed by atoms with Crippen LogP contribution in [-0.4, -0.2) is 51.5 Å². The molecule has 1 unspecified atom stereocenters. The van der Waals surface area contributed by atoms with E-state index in [2.05, 4.69) is 15.6 Å². The molecule has 142 valence electrons. The lowest BCUT2D eigenvalue weighted by molar-refractivity contribution is 0.0424. The summed E-state index contributed by atoms with van der Waals surface area (Å²) < 4.78 is 24.1. The molecule has 0 aliphatic carbocycles. The first kappa shape index (κ1) is 22.1. The predicted molar refractivity (Wildman–Crippen MR) is 109 cm³/mol. The minimum Gasteiger partial charge on any atom is -0.379 e. The summed E-state index contributed by atoms with van der Waals surface area (Å²) in [6, 6.07) is 6.69. The van der Waals surface area contributed by atoms with E-state index in [1.807, 2.05) is 13.0 Å². The summed E-state index contributed by atoms with van der Waals surface area (Å²) >= 11 is 0. The van der Waals surface area contributed by atoms with Gasteiger partial charge in [0.25, 0.3) is 0 Å². The van der Waals surface area contributed by atoms with Gasteiger partial charge in [-0.3, -0.25) is 4.99 Å². The molecule has 0 amide bonds. The Hall–Kier alpha value is -0.930. The van der Waals surface area contributed by atoms with Gasteiger partial charge >= 0.3 is 0 Å². The highest BCUT2D eigenvalue weighted by Gasteiger charge is 2.15. The molecule has 1 saturated heterocycles. The smallest absolute Gasteiger partial charge is 0.191 e. The molecule has 1 heterocycles. The lowest BCUT2D eigenvalue weighted by Gasteiger charge is -2.12. The molecule has 0 spiro atoms. The van der Waals surface area contributed by atoms with Crippen LogP contribution >= 0.6 is 24.0 Å². The summed E-state index contributed by atoms with van der Waals surface area (Å²) in [4.78, 5) is 4.54. The van der Waals surface area contributed by atoms with E-state index in [1.54, 1.807) is 12.1 Å². The third kappa shape index (κ3) is 9.37. The zero-order valence-electron chi connectivity index (χ0n) is 14.8. The first-order valence-corrected chi connectivity index (χ1v) is 8.74. The van der Waals surface area contributed by atoms with E-state index >= 15 is 0 Å². The van der Waals surface area contributed by atoms with E-state index in [4.69, 9.17) is 9.47 Å². The van der Waals surface area contributed by atoms with E-state index < -0.39 is 0 Å². The van der Waals surface area contributed by atoms with Crippen molar-refractivity contribution in [3.63, 3.8) is 0 Å². The molecule has 1 aromatic carbocycles. The van der Waals surface area contributed by atoms with Gasteiger partial charge in [-0.15, -0.1) is 24.0 Å². The fourth-order valence-corrected chi connectivity index (χ4v) is 2.51. The summed E-state index contributed by atoms with van der Waals surface area (Å²) in [5.74, 6) is 0.596. The Morgan fingerprint density at radius 2 is 2.28 bits per heavy atom. The van der Waals surface area contributed by atoms with Gasteiger partial charge < -0.3 is 20.1 Å². The molecule has 1 atom stereocenters. The summed E-state index contributed by atoms with van der Waals surface area (Å²) in [6.07, 6.45) is 2.89. The number of benzene rings is 1.